The van der Waals surface area contributed by atoms with Gasteiger partial charge in [-0.2, -0.15) is 0 Å². The number of aliphatic carboxylic acids is 1. The number of hydrogen-bond donors (Lipinski definition) is 2. The molecule has 1 aliphatic carbocycles. The fraction of sp³-hybridized carbons (Fsp3) is 0.867. The van der Waals surface area contributed by atoms with Gasteiger partial charge < -0.3 is 15.3 Å². The number of hydrogen-bond acceptors (Lipinski definition) is 2. The van der Waals surface area contributed by atoms with Gasteiger partial charge >= 0.3 is 12.0 Å². The Bertz CT molecular complexity index is 351. The van der Waals surface area contributed by atoms with E-state index in [1.165, 1.54) is 6.42 Å². The van der Waals surface area contributed by atoms with Crippen LogP contribution < -0.4 is 5.32 Å². The SMILES string of the molecule is CCC1CCCCN1C(=O)NC1CCC(C(=O)O)CC1. The number of piperidine rings is 1. The van der Waals surface area contributed by atoms with E-state index in [2.05, 4.69) is 12.2 Å². The summed E-state index contributed by atoms with van der Waals surface area (Å²) in [4.78, 5) is 25.2. The van der Waals surface area contributed by atoms with Crippen molar-refractivity contribution >= 4 is 12.0 Å². The Morgan fingerprint density at radius 2 is 1.85 bits per heavy atom. The molecule has 1 aliphatic heterocycles. The number of urea groups is 1. The van der Waals surface area contributed by atoms with Gasteiger partial charge in [-0.3, -0.25) is 4.79 Å². The molecular formula is C15H26N2O3. The second kappa shape index (κ2) is 6.95. The Labute approximate surface area is 120 Å². The monoisotopic (exact) mass is 282 g/mol. The molecule has 1 atom stereocenters. The zero-order valence-electron chi connectivity index (χ0n) is 12.3. The summed E-state index contributed by atoms with van der Waals surface area (Å²) in [6.45, 7) is 2.99. The molecule has 5 nitrogen and oxygen atoms in total. The summed E-state index contributed by atoms with van der Waals surface area (Å²) >= 11 is 0. The van der Waals surface area contributed by atoms with Crippen LogP contribution in [-0.4, -0.2) is 40.6 Å². The Hall–Kier alpha value is -1.26. The van der Waals surface area contributed by atoms with Crippen molar-refractivity contribution in [3.63, 3.8) is 0 Å². The van der Waals surface area contributed by atoms with Gasteiger partial charge in [-0.15, -0.1) is 0 Å². The summed E-state index contributed by atoms with van der Waals surface area (Å²) in [5, 5.41) is 12.1. The van der Waals surface area contributed by atoms with Gasteiger partial charge in [-0.1, -0.05) is 6.92 Å². The van der Waals surface area contributed by atoms with Crippen LogP contribution in [-0.2, 0) is 4.79 Å². The lowest BCUT2D eigenvalue weighted by molar-refractivity contribution is -0.142. The highest BCUT2D eigenvalue weighted by Crippen LogP contribution is 2.25. The highest BCUT2D eigenvalue weighted by molar-refractivity contribution is 5.75. The van der Waals surface area contributed by atoms with Crippen molar-refractivity contribution in [1.29, 1.82) is 0 Å². The summed E-state index contributed by atoms with van der Waals surface area (Å²) in [7, 11) is 0. The quantitative estimate of drug-likeness (QED) is 0.836. The molecule has 2 aliphatic rings. The lowest BCUT2D eigenvalue weighted by Gasteiger charge is -2.37. The molecular weight excluding hydrogens is 256 g/mol. The standard InChI is InChI=1S/C15H26N2O3/c1-2-13-5-3-4-10-17(13)15(20)16-12-8-6-11(7-9-12)14(18)19/h11-13H,2-10H2,1H3,(H,16,20)(H,18,19). The maximum absolute atomic E-state index is 12.3. The van der Waals surface area contributed by atoms with Crippen molar-refractivity contribution in [2.75, 3.05) is 6.54 Å². The molecule has 0 aromatic carbocycles. The number of carbonyl (C=O) groups is 2. The minimum absolute atomic E-state index is 0.0512. The third-order valence-corrected chi connectivity index (χ3v) is 4.76. The number of likely N-dealkylation sites (tertiary alicyclic amines) is 1. The largest absolute Gasteiger partial charge is 0.481 e. The van der Waals surface area contributed by atoms with Crippen molar-refractivity contribution in [1.82, 2.24) is 10.2 Å². The molecule has 20 heavy (non-hydrogen) atoms. The molecule has 0 spiro atoms. The van der Waals surface area contributed by atoms with E-state index in [0.717, 1.165) is 38.6 Å². The maximum Gasteiger partial charge on any atom is 0.317 e. The topological polar surface area (TPSA) is 69.6 Å². The van der Waals surface area contributed by atoms with Gasteiger partial charge in [0.1, 0.15) is 0 Å². The van der Waals surface area contributed by atoms with Gasteiger partial charge in [0.15, 0.2) is 0 Å². The number of nitrogens with zero attached hydrogens (tertiary/aromatic N) is 1. The average Bonchev–Trinajstić information content (AvgIpc) is 2.47. The van der Waals surface area contributed by atoms with E-state index in [4.69, 9.17) is 5.11 Å². The van der Waals surface area contributed by atoms with Crippen LogP contribution in [0.1, 0.15) is 58.3 Å². The molecule has 0 bridgehead atoms. The predicted molar refractivity (Wildman–Crippen MR) is 76.5 cm³/mol. The molecule has 114 valence electrons. The lowest BCUT2D eigenvalue weighted by Crippen LogP contribution is -2.51. The van der Waals surface area contributed by atoms with Crippen LogP contribution in [0.2, 0.25) is 0 Å². The van der Waals surface area contributed by atoms with Crippen LogP contribution in [0.15, 0.2) is 0 Å². The summed E-state index contributed by atoms with van der Waals surface area (Å²) < 4.78 is 0. The van der Waals surface area contributed by atoms with E-state index in [0.29, 0.717) is 18.9 Å². The Kier molecular flexibility index (Phi) is 5.26. The van der Waals surface area contributed by atoms with Crippen LogP contribution in [0, 0.1) is 5.92 Å². The highest BCUT2D eigenvalue weighted by atomic mass is 16.4. The molecule has 1 saturated carbocycles. The summed E-state index contributed by atoms with van der Waals surface area (Å²) in [6, 6.07) is 0.576. The third-order valence-electron chi connectivity index (χ3n) is 4.76. The molecule has 2 amide bonds. The number of carboxylic acid groups (broad SMARTS) is 1. The normalized spacial score (nSPS) is 30.9. The first kappa shape index (κ1) is 15.1. The molecule has 2 N–H and O–H groups in total. The fourth-order valence-corrected chi connectivity index (χ4v) is 3.43. The van der Waals surface area contributed by atoms with Crippen LogP contribution in [0.4, 0.5) is 4.79 Å². The summed E-state index contributed by atoms with van der Waals surface area (Å²) in [5.74, 6) is -0.918. The highest BCUT2D eigenvalue weighted by Gasteiger charge is 2.30. The van der Waals surface area contributed by atoms with Crippen LogP contribution in [0.5, 0.6) is 0 Å². The number of carboxylic acids is 1. The molecule has 0 radical (unpaired) electrons. The van der Waals surface area contributed by atoms with Crippen molar-refractivity contribution < 1.29 is 14.7 Å². The van der Waals surface area contributed by atoms with E-state index in [-0.39, 0.29) is 18.0 Å². The number of carbonyl (C=O) groups excluding carboxylic acids is 1. The van der Waals surface area contributed by atoms with Gasteiger partial charge in [-0.05, 0) is 51.4 Å². The Morgan fingerprint density at radius 1 is 1.15 bits per heavy atom. The molecule has 5 heteroatoms. The van der Waals surface area contributed by atoms with Crippen molar-refractivity contribution in [3.8, 4) is 0 Å². The molecule has 0 aromatic rings. The molecule has 1 saturated heterocycles. The Morgan fingerprint density at radius 3 is 2.45 bits per heavy atom. The second-order valence-corrected chi connectivity index (χ2v) is 6.09. The number of amides is 2. The first-order valence-corrected chi connectivity index (χ1v) is 7.91. The molecule has 2 rings (SSSR count). The van der Waals surface area contributed by atoms with Crippen molar-refractivity contribution in [2.24, 2.45) is 5.92 Å². The minimum Gasteiger partial charge on any atom is -0.481 e. The zero-order chi connectivity index (χ0) is 14.5. The first-order valence-electron chi connectivity index (χ1n) is 7.91. The maximum atomic E-state index is 12.3. The smallest absolute Gasteiger partial charge is 0.317 e. The summed E-state index contributed by atoms with van der Waals surface area (Å²) in [6.07, 6.45) is 7.35. The van der Waals surface area contributed by atoms with Gasteiger partial charge in [-0.25, -0.2) is 4.79 Å². The van der Waals surface area contributed by atoms with E-state index >= 15 is 0 Å². The number of nitrogens with one attached hydrogen (secondary N) is 1. The number of rotatable bonds is 3. The summed E-state index contributed by atoms with van der Waals surface area (Å²) in [5.41, 5.74) is 0. The van der Waals surface area contributed by atoms with Gasteiger partial charge in [0, 0.05) is 18.6 Å². The van der Waals surface area contributed by atoms with Gasteiger partial charge in [0.25, 0.3) is 0 Å². The molecule has 1 heterocycles. The van der Waals surface area contributed by atoms with Gasteiger partial charge in [0.2, 0.25) is 0 Å². The fourth-order valence-electron chi connectivity index (χ4n) is 3.43. The minimum atomic E-state index is -0.697. The lowest BCUT2D eigenvalue weighted by atomic mass is 9.86. The average molecular weight is 282 g/mol. The van der Waals surface area contributed by atoms with Crippen LogP contribution in [0.3, 0.4) is 0 Å². The van der Waals surface area contributed by atoms with E-state index in [1.807, 2.05) is 4.90 Å². The zero-order valence-corrected chi connectivity index (χ0v) is 12.3. The van der Waals surface area contributed by atoms with E-state index in [9.17, 15) is 9.59 Å². The first-order chi connectivity index (χ1) is 9.61. The van der Waals surface area contributed by atoms with Crippen LogP contribution >= 0.6 is 0 Å². The third kappa shape index (κ3) is 3.64. The molecule has 1 unspecified atom stereocenters. The second-order valence-electron chi connectivity index (χ2n) is 6.09. The van der Waals surface area contributed by atoms with Crippen molar-refractivity contribution in [2.45, 2.75) is 70.4 Å². The predicted octanol–water partition coefficient (Wildman–Crippen LogP) is 2.60. The molecule has 2 fully saturated rings. The Balaban J connectivity index is 1.81. The van der Waals surface area contributed by atoms with Gasteiger partial charge in [0.05, 0.1) is 5.92 Å². The van der Waals surface area contributed by atoms with E-state index < -0.39 is 5.97 Å². The van der Waals surface area contributed by atoms with Crippen LogP contribution in [0.25, 0.3) is 0 Å². The van der Waals surface area contributed by atoms with E-state index in [1.54, 1.807) is 0 Å². The molecule has 0 aromatic heterocycles. The van der Waals surface area contributed by atoms with Crippen molar-refractivity contribution in [3.05, 3.63) is 0 Å².